The lowest BCUT2D eigenvalue weighted by atomic mass is 9.99. The van der Waals surface area contributed by atoms with E-state index in [1.165, 1.54) is 5.69 Å². The Morgan fingerprint density at radius 2 is 1.92 bits per heavy atom. The fourth-order valence-corrected chi connectivity index (χ4v) is 5.52. The lowest BCUT2D eigenvalue weighted by Gasteiger charge is -2.33. The van der Waals surface area contributed by atoms with Gasteiger partial charge in [-0.1, -0.05) is 18.2 Å². The molecule has 192 valence electrons. The molecule has 38 heavy (non-hydrogen) atoms. The Morgan fingerprint density at radius 1 is 1.13 bits per heavy atom. The molecule has 0 amide bonds. The molecule has 2 aromatic heterocycles. The molecule has 9 heteroatoms. The molecule has 6 rings (SSSR count). The van der Waals surface area contributed by atoms with Gasteiger partial charge in [-0.15, -0.1) is 0 Å². The van der Waals surface area contributed by atoms with Gasteiger partial charge in [0.25, 0.3) is 5.56 Å². The van der Waals surface area contributed by atoms with Gasteiger partial charge >= 0.3 is 0 Å². The second-order valence-corrected chi connectivity index (χ2v) is 9.98. The largest absolute Gasteiger partial charge is 0.383 e. The second-order valence-electron chi connectivity index (χ2n) is 9.98. The van der Waals surface area contributed by atoms with Crippen LogP contribution in [-0.4, -0.2) is 47.3 Å². The maximum absolute atomic E-state index is 13.3. The number of nitrogens with zero attached hydrogens (tertiary/aromatic N) is 5. The maximum Gasteiger partial charge on any atom is 0.270 e. The predicted octanol–water partition coefficient (Wildman–Crippen LogP) is 3.80. The van der Waals surface area contributed by atoms with Crippen molar-refractivity contribution >= 4 is 34.0 Å². The van der Waals surface area contributed by atoms with E-state index in [1.807, 2.05) is 36.4 Å². The number of rotatable bonds is 5. The number of aromatic nitrogens is 3. The predicted molar refractivity (Wildman–Crippen MR) is 150 cm³/mol. The zero-order valence-electron chi connectivity index (χ0n) is 21.3. The number of fused-ring (bicyclic) bond motifs is 2. The van der Waals surface area contributed by atoms with Gasteiger partial charge in [0, 0.05) is 48.3 Å². The van der Waals surface area contributed by atoms with Gasteiger partial charge in [0.1, 0.15) is 17.3 Å². The summed E-state index contributed by atoms with van der Waals surface area (Å²) < 4.78 is 1.65. The first-order valence-electron chi connectivity index (χ1n) is 13.1. The Morgan fingerprint density at radius 3 is 2.71 bits per heavy atom. The monoisotopic (exact) mass is 506 g/mol. The van der Waals surface area contributed by atoms with Crippen LogP contribution >= 0.6 is 0 Å². The number of benzene rings is 2. The van der Waals surface area contributed by atoms with E-state index in [0.717, 1.165) is 42.9 Å². The van der Waals surface area contributed by atoms with Crippen LogP contribution in [0.2, 0.25) is 0 Å². The van der Waals surface area contributed by atoms with Crippen LogP contribution in [0.15, 0.2) is 65.6 Å². The molecule has 2 aliphatic heterocycles. The summed E-state index contributed by atoms with van der Waals surface area (Å²) in [6, 6.07) is 20.3. The van der Waals surface area contributed by atoms with Gasteiger partial charge in [0.2, 0.25) is 5.95 Å². The lowest BCUT2D eigenvalue weighted by molar-refractivity contribution is 0.443. The van der Waals surface area contributed by atoms with E-state index in [2.05, 4.69) is 51.1 Å². The molecule has 3 N–H and O–H groups in total. The van der Waals surface area contributed by atoms with Crippen molar-refractivity contribution in [2.45, 2.75) is 31.3 Å². The van der Waals surface area contributed by atoms with Gasteiger partial charge in [-0.2, -0.15) is 10.2 Å². The van der Waals surface area contributed by atoms with Crippen molar-refractivity contribution in [3.8, 4) is 6.07 Å². The average molecular weight is 507 g/mol. The molecule has 0 bridgehead atoms. The molecule has 4 aromatic rings. The first-order valence-corrected chi connectivity index (χ1v) is 13.1. The van der Waals surface area contributed by atoms with Gasteiger partial charge < -0.3 is 20.9 Å². The van der Waals surface area contributed by atoms with Crippen LogP contribution in [0.1, 0.15) is 30.0 Å². The van der Waals surface area contributed by atoms with Crippen LogP contribution in [0.5, 0.6) is 0 Å². The molecule has 1 atom stereocenters. The Balaban J connectivity index is 1.30. The van der Waals surface area contributed by atoms with E-state index in [1.54, 1.807) is 16.8 Å². The van der Waals surface area contributed by atoms with Gasteiger partial charge in [-0.05, 0) is 74.3 Å². The minimum absolute atomic E-state index is 0.0918. The van der Waals surface area contributed by atoms with Gasteiger partial charge in [0.05, 0.1) is 6.04 Å². The number of hydrogen-bond donors (Lipinski definition) is 3. The van der Waals surface area contributed by atoms with Gasteiger partial charge in [-0.25, -0.2) is 4.98 Å². The molecular formula is C29H30N8O. The molecule has 1 fully saturated rings. The second kappa shape index (κ2) is 10.1. The van der Waals surface area contributed by atoms with Crippen molar-refractivity contribution in [3.05, 3.63) is 82.3 Å². The summed E-state index contributed by atoms with van der Waals surface area (Å²) in [4.78, 5) is 24.9. The molecule has 0 spiro atoms. The van der Waals surface area contributed by atoms with Crippen molar-refractivity contribution in [2.75, 3.05) is 42.2 Å². The zero-order chi connectivity index (χ0) is 26.1. The Labute approximate surface area is 221 Å². The highest BCUT2D eigenvalue weighted by atomic mass is 16.1. The molecule has 9 nitrogen and oxygen atoms in total. The van der Waals surface area contributed by atoms with Crippen molar-refractivity contribution in [1.29, 1.82) is 5.26 Å². The molecule has 4 heterocycles. The standard InChI is InChI=1S/C29H30N8O/c1-36(24-10-12-31-13-11-24)23-8-6-22(7-9-23)34-29-33-17-21-14-20(16-30)28(38)37(27(21)35-29)25-15-19-4-2-3-5-26(19)32-18-25/h2-9,14,17,24-25,31-32H,10-13,15,18H2,1H3,(H,33,34,35). The topological polar surface area (TPSA) is 111 Å². The number of nitrogens with one attached hydrogen (secondary N) is 3. The number of hydrogen-bond acceptors (Lipinski definition) is 8. The number of anilines is 4. The summed E-state index contributed by atoms with van der Waals surface area (Å²) >= 11 is 0. The number of pyridine rings is 1. The van der Waals surface area contributed by atoms with Crippen molar-refractivity contribution < 1.29 is 0 Å². The van der Waals surface area contributed by atoms with E-state index in [9.17, 15) is 10.1 Å². The van der Waals surface area contributed by atoms with Crippen LogP contribution < -0.4 is 26.4 Å². The van der Waals surface area contributed by atoms with E-state index < -0.39 is 0 Å². The summed E-state index contributed by atoms with van der Waals surface area (Å²) in [5.41, 5.74) is 4.51. The SMILES string of the molecule is CN(c1ccc(Nc2ncc3cc(C#N)c(=O)n(C4CNc5ccccc5C4)c3n2)cc1)C1CCNCC1. The Hall–Kier alpha value is -4.42. The number of piperidine rings is 1. The van der Waals surface area contributed by atoms with Crippen molar-refractivity contribution in [3.63, 3.8) is 0 Å². The molecule has 0 radical (unpaired) electrons. The van der Waals surface area contributed by atoms with Crippen LogP contribution in [0.4, 0.5) is 23.0 Å². The third-order valence-electron chi connectivity index (χ3n) is 7.65. The zero-order valence-corrected chi connectivity index (χ0v) is 21.3. The molecule has 0 aliphatic carbocycles. The highest BCUT2D eigenvalue weighted by molar-refractivity contribution is 5.77. The molecule has 2 aromatic carbocycles. The van der Waals surface area contributed by atoms with Crippen molar-refractivity contribution in [2.24, 2.45) is 0 Å². The minimum atomic E-state index is -0.332. The average Bonchev–Trinajstić information content (AvgIpc) is 2.97. The molecular weight excluding hydrogens is 476 g/mol. The van der Waals surface area contributed by atoms with Crippen LogP contribution in [-0.2, 0) is 6.42 Å². The van der Waals surface area contributed by atoms with Crippen LogP contribution in [0.25, 0.3) is 11.0 Å². The van der Waals surface area contributed by atoms with Gasteiger partial charge in [-0.3, -0.25) is 9.36 Å². The van der Waals surface area contributed by atoms with E-state index in [-0.39, 0.29) is 17.2 Å². The highest BCUT2D eigenvalue weighted by Crippen LogP contribution is 2.29. The third kappa shape index (κ3) is 4.55. The smallest absolute Gasteiger partial charge is 0.270 e. The molecule has 0 saturated carbocycles. The molecule has 1 saturated heterocycles. The van der Waals surface area contributed by atoms with E-state index >= 15 is 0 Å². The van der Waals surface area contributed by atoms with Gasteiger partial charge in [0.15, 0.2) is 0 Å². The fourth-order valence-electron chi connectivity index (χ4n) is 5.52. The summed E-state index contributed by atoms with van der Waals surface area (Å²) in [5, 5.41) is 20.4. The minimum Gasteiger partial charge on any atom is -0.383 e. The normalized spacial score (nSPS) is 17.3. The summed E-state index contributed by atoms with van der Waals surface area (Å²) in [6.07, 6.45) is 4.62. The van der Waals surface area contributed by atoms with Crippen LogP contribution in [0.3, 0.4) is 0 Å². The highest BCUT2D eigenvalue weighted by Gasteiger charge is 2.24. The van der Waals surface area contributed by atoms with E-state index in [4.69, 9.17) is 4.98 Å². The Kier molecular flexibility index (Phi) is 6.40. The number of para-hydroxylation sites is 1. The first-order chi connectivity index (χ1) is 18.6. The summed E-state index contributed by atoms with van der Waals surface area (Å²) in [5.74, 6) is 0.402. The Bertz CT molecular complexity index is 1570. The lowest BCUT2D eigenvalue weighted by Crippen LogP contribution is -2.41. The van der Waals surface area contributed by atoms with E-state index in [0.29, 0.717) is 36.0 Å². The summed E-state index contributed by atoms with van der Waals surface area (Å²) in [6.45, 7) is 2.68. The summed E-state index contributed by atoms with van der Waals surface area (Å²) in [7, 11) is 2.15. The molecule has 1 unspecified atom stereocenters. The maximum atomic E-state index is 13.3. The van der Waals surface area contributed by atoms with Crippen molar-refractivity contribution in [1.82, 2.24) is 19.9 Å². The third-order valence-corrected chi connectivity index (χ3v) is 7.65. The molecule has 2 aliphatic rings. The number of nitriles is 1. The first kappa shape index (κ1) is 23.9. The fraction of sp³-hybridized carbons (Fsp3) is 0.310. The van der Waals surface area contributed by atoms with Crippen LogP contribution in [0, 0.1) is 11.3 Å². The quantitative estimate of drug-likeness (QED) is 0.375.